The Hall–Kier alpha value is -1.40. The van der Waals surface area contributed by atoms with Crippen molar-refractivity contribution in [2.24, 2.45) is 5.92 Å². The third kappa shape index (κ3) is 5.47. The fraction of sp³-hybridized carbons (Fsp3) is 0.467. The van der Waals surface area contributed by atoms with E-state index in [1.54, 1.807) is 6.07 Å². The maximum atomic E-state index is 11.9. The van der Waals surface area contributed by atoms with Gasteiger partial charge in [-0.25, -0.2) is 0 Å². The molecule has 0 radical (unpaired) electrons. The zero-order chi connectivity index (χ0) is 16.0. The highest BCUT2D eigenvalue weighted by atomic mass is 79.9. The number of nitrogens with one attached hydrogen (secondary N) is 2. The number of hydrogen-bond acceptors (Lipinski definition) is 3. The smallest absolute Gasteiger partial charge is 0.320 e. The molecule has 0 heterocycles. The summed E-state index contributed by atoms with van der Waals surface area (Å²) < 4.78 is 0.943. The van der Waals surface area contributed by atoms with Crippen molar-refractivity contribution in [1.29, 1.82) is 0 Å². The minimum Gasteiger partial charge on any atom is -0.480 e. The topological polar surface area (TPSA) is 78.4 Å². The van der Waals surface area contributed by atoms with Crippen LogP contribution in [0.3, 0.4) is 0 Å². The zero-order valence-corrected chi connectivity index (χ0v) is 14.0. The third-order valence-electron chi connectivity index (χ3n) is 3.42. The molecule has 0 spiro atoms. The Bertz CT molecular complexity index is 520. The number of amides is 1. The molecule has 0 aromatic heterocycles. The summed E-state index contributed by atoms with van der Waals surface area (Å²) in [6.45, 7) is 5.64. The van der Waals surface area contributed by atoms with Gasteiger partial charge in [-0.1, -0.05) is 36.2 Å². The molecule has 1 aromatic rings. The van der Waals surface area contributed by atoms with Crippen molar-refractivity contribution >= 4 is 33.5 Å². The lowest BCUT2D eigenvalue weighted by molar-refractivity contribution is -0.140. The van der Waals surface area contributed by atoms with Crippen molar-refractivity contribution < 1.29 is 14.7 Å². The van der Waals surface area contributed by atoms with E-state index in [1.165, 1.54) is 0 Å². The first-order valence-electron chi connectivity index (χ1n) is 6.87. The van der Waals surface area contributed by atoms with E-state index in [-0.39, 0.29) is 18.4 Å². The Morgan fingerprint density at radius 1 is 1.38 bits per heavy atom. The molecule has 21 heavy (non-hydrogen) atoms. The average Bonchev–Trinajstić information content (AvgIpc) is 2.41. The van der Waals surface area contributed by atoms with Crippen LogP contribution in [0.5, 0.6) is 0 Å². The number of carbonyl (C=O) groups is 2. The minimum atomic E-state index is -0.933. The van der Waals surface area contributed by atoms with Crippen molar-refractivity contribution in [2.45, 2.75) is 33.2 Å². The summed E-state index contributed by atoms with van der Waals surface area (Å²) in [7, 11) is 0. The Morgan fingerprint density at radius 2 is 2.05 bits per heavy atom. The van der Waals surface area contributed by atoms with Gasteiger partial charge < -0.3 is 10.4 Å². The summed E-state index contributed by atoms with van der Waals surface area (Å²) >= 11 is 3.36. The number of benzene rings is 1. The maximum absolute atomic E-state index is 11.9. The van der Waals surface area contributed by atoms with E-state index in [9.17, 15) is 9.59 Å². The van der Waals surface area contributed by atoms with Gasteiger partial charge >= 0.3 is 5.97 Å². The average molecular weight is 357 g/mol. The van der Waals surface area contributed by atoms with Crippen molar-refractivity contribution in [3.63, 3.8) is 0 Å². The zero-order valence-electron chi connectivity index (χ0n) is 12.4. The lowest BCUT2D eigenvalue weighted by atomic mass is 9.99. The van der Waals surface area contributed by atoms with Gasteiger partial charge in [0.1, 0.15) is 6.04 Å². The van der Waals surface area contributed by atoms with Crippen LogP contribution >= 0.6 is 15.9 Å². The number of anilines is 1. The van der Waals surface area contributed by atoms with Crippen LogP contribution in [-0.4, -0.2) is 29.6 Å². The van der Waals surface area contributed by atoms with Crippen LogP contribution < -0.4 is 10.6 Å². The van der Waals surface area contributed by atoms with Gasteiger partial charge in [-0.05, 0) is 36.6 Å². The second-order valence-electron chi connectivity index (χ2n) is 5.09. The van der Waals surface area contributed by atoms with Gasteiger partial charge in [0, 0.05) is 10.2 Å². The van der Waals surface area contributed by atoms with Crippen molar-refractivity contribution in [3.05, 3.63) is 28.2 Å². The number of aryl methyl sites for hydroxylation is 1. The van der Waals surface area contributed by atoms with Crippen LogP contribution in [0.2, 0.25) is 0 Å². The van der Waals surface area contributed by atoms with E-state index in [1.807, 2.05) is 32.9 Å². The van der Waals surface area contributed by atoms with Gasteiger partial charge in [-0.3, -0.25) is 14.9 Å². The first kappa shape index (κ1) is 17.7. The molecule has 0 aliphatic carbocycles. The second-order valence-corrected chi connectivity index (χ2v) is 6.01. The summed E-state index contributed by atoms with van der Waals surface area (Å²) in [5.41, 5.74) is 1.66. The van der Waals surface area contributed by atoms with Gasteiger partial charge in [-0.15, -0.1) is 0 Å². The van der Waals surface area contributed by atoms with Gasteiger partial charge in [0.25, 0.3) is 0 Å². The van der Waals surface area contributed by atoms with Crippen LogP contribution in [0.1, 0.15) is 25.8 Å². The largest absolute Gasteiger partial charge is 0.480 e. The second kappa shape index (κ2) is 8.14. The lowest BCUT2D eigenvalue weighted by Gasteiger charge is -2.20. The predicted octanol–water partition coefficient (Wildman–Crippen LogP) is 2.78. The summed E-state index contributed by atoms with van der Waals surface area (Å²) in [6.07, 6.45) is 0.734. The molecule has 2 atom stereocenters. The fourth-order valence-electron chi connectivity index (χ4n) is 1.93. The molecule has 3 N–H and O–H groups in total. The Labute approximate surface area is 133 Å². The van der Waals surface area contributed by atoms with E-state index in [4.69, 9.17) is 5.11 Å². The molecular formula is C15H21BrN2O3. The van der Waals surface area contributed by atoms with Crippen LogP contribution in [0.4, 0.5) is 5.69 Å². The van der Waals surface area contributed by atoms with Crippen molar-refractivity contribution in [2.75, 3.05) is 11.9 Å². The van der Waals surface area contributed by atoms with Crippen molar-refractivity contribution in [3.8, 4) is 0 Å². The van der Waals surface area contributed by atoms with Crippen LogP contribution in [0.15, 0.2) is 22.7 Å². The quantitative estimate of drug-likeness (QED) is 0.701. The van der Waals surface area contributed by atoms with E-state index < -0.39 is 12.0 Å². The van der Waals surface area contributed by atoms with Gasteiger partial charge in [0.15, 0.2) is 0 Å². The SMILES string of the molecule is CC[C@H](C)[C@H](NCC(=O)Nc1ccc(Br)cc1C)C(=O)O. The van der Waals surface area contributed by atoms with E-state index in [0.29, 0.717) is 0 Å². The molecule has 0 saturated heterocycles. The predicted molar refractivity (Wildman–Crippen MR) is 86.4 cm³/mol. The first-order valence-corrected chi connectivity index (χ1v) is 7.66. The van der Waals surface area contributed by atoms with Gasteiger partial charge in [0.2, 0.25) is 5.91 Å². The highest BCUT2D eigenvalue weighted by Gasteiger charge is 2.23. The molecule has 1 aromatic carbocycles. The van der Waals surface area contributed by atoms with Crippen LogP contribution in [0.25, 0.3) is 0 Å². The molecule has 116 valence electrons. The molecule has 0 unspecified atom stereocenters. The Balaban J connectivity index is 2.59. The molecule has 0 aliphatic heterocycles. The van der Waals surface area contributed by atoms with Crippen molar-refractivity contribution in [1.82, 2.24) is 5.32 Å². The Kier molecular flexibility index (Phi) is 6.84. The van der Waals surface area contributed by atoms with E-state index in [0.717, 1.165) is 22.1 Å². The first-order chi connectivity index (χ1) is 9.85. The molecule has 5 nitrogen and oxygen atoms in total. The minimum absolute atomic E-state index is 0.0309. The highest BCUT2D eigenvalue weighted by molar-refractivity contribution is 9.10. The highest BCUT2D eigenvalue weighted by Crippen LogP contribution is 2.19. The fourth-order valence-corrected chi connectivity index (χ4v) is 2.41. The number of rotatable bonds is 7. The number of carboxylic acids is 1. The molecule has 1 rings (SSSR count). The van der Waals surface area contributed by atoms with Gasteiger partial charge in [-0.2, -0.15) is 0 Å². The molecule has 0 bridgehead atoms. The molecule has 0 fully saturated rings. The molecule has 0 saturated carbocycles. The molecule has 0 aliphatic rings. The normalized spacial score (nSPS) is 13.5. The number of carbonyl (C=O) groups excluding carboxylic acids is 1. The third-order valence-corrected chi connectivity index (χ3v) is 3.92. The summed E-state index contributed by atoms with van der Waals surface area (Å²) in [5, 5.41) is 14.7. The molecule has 6 heteroatoms. The maximum Gasteiger partial charge on any atom is 0.320 e. The number of halogens is 1. The van der Waals surface area contributed by atoms with Crippen LogP contribution in [0, 0.1) is 12.8 Å². The number of hydrogen-bond donors (Lipinski definition) is 3. The van der Waals surface area contributed by atoms with E-state index >= 15 is 0 Å². The molecular weight excluding hydrogens is 336 g/mol. The summed E-state index contributed by atoms with van der Waals surface area (Å²) in [4.78, 5) is 23.1. The van der Waals surface area contributed by atoms with Crippen LogP contribution in [-0.2, 0) is 9.59 Å². The van der Waals surface area contributed by atoms with Gasteiger partial charge in [0.05, 0.1) is 6.54 Å². The lowest BCUT2D eigenvalue weighted by Crippen LogP contribution is -2.45. The summed E-state index contributed by atoms with van der Waals surface area (Å²) in [6, 6.07) is 4.84. The van der Waals surface area contributed by atoms with E-state index in [2.05, 4.69) is 26.6 Å². The molecule has 1 amide bonds. The number of aliphatic carboxylic acids is 1. The monoisotopic (exact) mass is 356 g/mol. The summed E-state index contributed by atoms with van der Waals surface area (Å²) in [5.74, 6) is -1.23. The number of carboxylic acid groups (broad SMARTS) is 1. The standard InChI is InChI=1S/C15H21BrN2O3/c1-4-9(2)14(15(20)21)17-8-13(19)18-12-6-5-11(16)7-10(12)3/h5-7,9,14,17H,4,8H2,1-3H3,(H,18,19)(H,20,21)/t9-,14-/m0/s1. The Morgan fingerprint density at radius 3 is 2.57 bits per heavy atom.